The third-order valence-electron chi connectivity index (χ3n) is 5.30. The highest BCUT2D eigenvalue weighted by Gasteiger charge is 2.19. The van der Waals surface area contributed by atoms with E-state index in [4.69, 9.17) is 4.74 Å². The summed E-state index contributed by atoms with van der Waals surface area (Å²) in [6.07, 6.45) is 0. The molecule has 0 amide bonds. The molecule has 4 aromatic rings. The maximum Gasteiger partial charge on any atom is 0.265 e. The first-order valence-electron chi connectivity index (χ1n) is 9.98. The second-order valence-electron chi connectivity index (χ2n) is 7.56. The average Bonchev–Trinajstić information content (AvgIpc) is 2.76. The van der Waals surface area contributed by atoms with Crippen LogP contribution in [0.25, 0.3) is 16.6 Å². The molecule has 0 spiro atoms. The molecular formula is C24H23N3O4S. The predicted molar refractivity (Wildman–Crippen MR) is 125 cm³/mol. The Morgan fingerprint density at radius 2 is 1.62 bits per heavy atom. The average molecular weight is 450 g/mol. The lowest BCUT2D eigenvalue weighted by Crippen LogP contribution is -2.22. The summed E-state index contributed by atoms with van der Waals surface area (Å²) in [6.45, 7) is 5.28. The first-order valence-corrected chi connectivity index (χ1v) is 11.5. The molecule has 0 aliphatic rings. The van der Waals surface area contributed by atoms with Crippen LogP contribution >= 0.6 is 0 Å². The molecule has 4 rings (SSSR count). The maximum atomic E-state index is 13.0. The Balaban J connectivity index is 1.68. The summed E-state index contributed by atoms with van der Waals surface area (Å²) in [6, 6.07) is 17.1. The number of nitrogens with one attached hydrogen (secondary N) is 1. The van der Waals surface area contributed by atoms with Gasteiger partial charge in [-0.1, -0.05) is 12.1 Å². The molecule has 0 saturated carbocycles. The number of methoxy groups -OCH3 is 1. The first-order chi connectivity index (χ1) is 15.2. The topological polar surface area (TPSA) is 90.3 Å². The Morgan fingerprint density at radius 1 is 0.938 bits per heavy atom. The fourth-order valence-electron chi connectivity index (χ4n) is 3.71. The van der Waals surface area contributed by atoms with Crippen LogP contribution in [0.1, 0.15) is 17.0 Å². The number of anilines is 1. The van der Waals surface area contributed by atoms with Gasteiger partial charge in [0, 0.05) is 5.69 Å². The lowest BCUT2D eigenvalue weighted by Gasteiger charge is -2.14. The molecule has 1 aromatic heterocycles. The molecule has 8 heteroatoms. The van der Waals surface area contributed by atoms with Crippen molar-refractivity contribution < 1.29 is 13.2 Å². The Hall–Kier alpha value is -3.65. The van der Waals surface area contributed by atoms with Gasteiger partial charge in [-0.2, -0.15) is 0 Å². The van der Waals surface area contributed by atoms with Gasteiger partial charge in [-0.25, -0.2) is 13.4 Å². The van der Waals surface area contributed by atoms with Gasteiger partial charge in [-0.3, -0.25) is 14.1 Å². The summed E-state index contributed by atoms with van der Waals surface area (Å²) in [7, 11) is -2.25. The van der Waals surface area contributed by atoms with Gasteiger partial charge in [0.25, 0.3) is 15.6 Å². The number of aryl methyl sites for hydroxylation is 3. The molecule has 0 saturated heterocycles. The summed E-state index contributed by atoms with van der Waals surface area (Å²) in [4.78, 5) is 17.7. The summed E-state index contributed by atoms with van der Waals surface area (Å²) in [5, 5.41) is 0.522. The molecule has 0 bridgehead atoms. The van der Waals surface area contributed by atoms with Gasteiger partial charge in [0.15, 0.2) is 0 Å². The molecule has 164 valence electrons. The summed E-state index contributed by atoms with van der Waals surface area (Å²) >= 11 is 0. The number of rotatable bonds is 5. The van der Waals surface area contributed by atoms with Crippen molar-refractivity contribution in [2.45, 2.75) is 25.7 Å². The molecule has 32 heavy (non-hydrogen) atoms. The van der Waals surface area contributed by atoms with Crippen molar-refractivity contribution in [3.63, 3.8) is 0 Å². The van der Waals surface area contributed by atoms with Crippen LogP contribution in [-0.4, -0.2) is 25.1 Å². The van der Waals surface area contributed by atoms with Gasteiger partial charge in [0.05, 0.1) is 28.6 Å². The Morgan fingerprint density at radius 3 is 2.31 bits per heavy atom. The van der Waals surface area contributed by atoms with E-state index in [0.29, 0.717) is 39.4 Å². The molecule has 0 aliphatic heterocycles. The van der Waals surface area contributed by atoms with E-state index in [1.165, 1.54) is 4.57 Å². The van der Waals surface area contributed by atoms with Crippen LogP contribution in [-0.2, 0) is 10.0 Å². The normalized spacial score (nSPS) is 11.5. The Bertz CT molecular complexity index is 1490. The van der Waals surface area contributed by atoms with Crippen molar-refractivity contribution in [3.8, 4) is 11.4 Å². The largest absolute Gasteiger partial charge is 0.496 e. The van der Waals surface area contributed by atoms with Gasteiger partial charge in [-0.05, 0) is 80.4 Å². The molecule has 0 unspecified atom stereocenters. The van der Waals surface area contributed by atoms with E-state index >= 15 is 0 Å². The van der Waals surface area contributed by atoms with E-state index < -0.39 is 10.0 Å². The second kappa shape index (κ2) is 8.12. The number of hydrogen-bond acceptors (Lipinski definition) is 5. The molecule has 0 aliphatic carbocycles. The Kier molecular flexibility index (Phi) is 5.48. The van der Waals surface area contributed by atoms with Crippen molar-refractivity contribution >= 4 is 26.6 Å². The third kappa shape index (κ3) is 3.85. The summed E-state index contributed by atoms with van der Waals surface area (Å²) in [5.41, 5.74) is 2.77. The zero-order valence-electron chi connectivity index (χ0n) is 18.2. The number of hydrogen-bond donors (Lipinski definition) is 1. The highest BCUT2D eigenvalue weighted by atomic mass is 32.2. The van der Waals surface area contributed by atoms with Crippen molar-refractivity contribution in [1.82, 2.24) is 9.55 Å². The highest BCUT2D eigenvalue weighted by molar-refractivity contribution is 7.92. The van der Waals surface area contributed by atoms with Gasteiger partial charge in [0.1, 0.15) is 11.6 Å². The quantitative estimate of drug-likeness (QED) is 0.495. The second-order valence-corrected chi connectivity index (χ2v) is 9.21. The molecule has 0 atom stereocenters. The number of aromatic nitrogens is 2. The zero-order valence-corrected chi connectivity index (χ0v) is 19.0. The number of para-hydroxylation sites is 1. The molecule has 0 fully saturated rings. The molecule has 7 nitrogen and oxygen atoms in total. The van der Waals surface area contributed by atoms with Gasteiger partial charge in [0.2, 0.25) is 0 Å². The van der Waals surface area contributed by atoms with Crippen LogP contribution < -0.4 is 15.0 Å². The monoisotopic (exact) mass is 449 g/mol. The van der Waals surface area contributed by atoms with Crippen LogP contribution in [0.4, 0.5) is 5.69 Å². The van der Waals surface area contributed by atoms with Crippen LogP contribution in [0, 0.1) is 20.8 Å². The van der Waals surface area contributed by atoms with E-state index in [1.807, 2.05) is 6.07 Å². The van der Waals surface area contributed by atoms with Crippen LogP contribution in [0.2, 0.25) is 0 Å². The van der Waals surface area contributed by atoms with Crippen molar-refractivity contribution in [2.75, 3.05) is 11.8 Å². The van der Waals surface area contributed by atoms with Crippen LogP contribution in [0.5, 0.6) is 5.75 Å². The number of nitrogens with zero attached hydrogens (tertiary/aromatic N) is 2. The van der Waals surface area contributed by atoms with Crippen molar-refractivity contribution in [1.29, 1.82) is 0 Å². The molecule has 1 N–H and O–H groups in total. The third-order valence-corrected chi connectivity index (χ3v) is 6.83. The lowest BCUT2D eigenvalue weighted by atomic mass is 10.1. The van der Waals surface area contributed by atoms with Crippen molar-refractivity contribution in [3.05, 3.63) is 88.0 Å². The van der Waals surface area contributed by atoms with Gasteiger partial charge >= 0.3 is 0 Å². The predicted octanol–water partition coefficient (Wildman–Crippen LogP) is 4.12. The number of ether oxygens (including phenoxy) is 1. The Labute approximate surface area is 186 Å². The van der Waals surface area contributed by atoms with E-state index in [0.717, 1.165) is 5.56 Å². The van der Waals surface area contributed by atoms with Gasteiger partial charge < -0.3 is 4.74 Å². The smallest absolute Gasteiger partial charge is 0.265 e. The minimum Gasteiger partial charge on any atom is -0.496 e. The van der Waals surface area contributed by atoms with E-state index in [-0.39, 0.29) is 10.5 Å². The summed E-state index contributed by atoms with van der Waals surface area (Å²) in [5.74, 6) is 1.18. The fraction of sp³-hybridized carbons (Fsp3) is 0.167. The minimum atomic E-state index is -3.80. The number of fused-ring (bicyclic) bond motifs is 1. The summed E-state index contributed by atoms with van der Waals surface area (Å²) < 4.78 is 35.3. The van der Waals surface area contributed by atoms with E-state index in [1.54, 1.807) is 82.5 Å². The van der Waals surface area contributed by atoms with Crippen LogP contribution in [0.15, 0.2) is 70.4 Å². The number of sulfonamides is 1. The van der Waals surface area contributed by atoms with Crippen molar-refractivity contribution in [2.24, 2.45) is 0 Å². The molecule has 0 radical (unpaired) electrons. The zero-order chi connectivity index (χ0) is 23.0. The first kappa shape index (κ1) is 21.6. The fourth-order valence-corrected chi connectivity index (χ4v) is 5.08. The van der Waals surface area contributed by atoms with Crippen LogP contribution in [0.3, 0.4) is 0 Å². The maximum absolute atomic E-state index is 13.0. The molecule has 1 heterocycles. The lowest BCUT2D eigenvalue weighted by molar-refractivity contribution is 0.411. The molecule has 3 aromatic carbocycles. The standard InChI is InChI=1S/C24H23N3O4S/c1-15-14-23(16(2)13-22(15)31-4)32(29,30)26-18-9-11-19(12-10-18)27-17(3)25-21-8-6-5-7-20(21)24(27)28/h5-14,26H,1-4H3. The highest BCUT2D eigenvalue weighted by Crippen LogP contribution is 2.27. The molecular weight excluding hydrogens is 426 g/mol. The minimum absolute atomic E-state index is 0.175. The van der Waals surface area contributed by atoms with E-state index in [9.17, 15) is 13.2 Å². The SMILES string of the molecule is COc1cc(C)c(S(=O)(=O)Nc2ccc(-n3c(C)nc4ccccc4c3=O)cc2)cc1C. The number of benzene rings is 3. The van der Waals surface area contributed by atoms with E-state index in [2.05, 4.69) is 9.71 Å². The van der Waals surface area contributed by atoms with Gasteiger partial charge in [-0.15, -0.1) is 0 Å².